The first-order valence-electron chi connectivity index (χ1n) is 10.3. The van der Waals surface area contributed by atoms with E-state index < -0.39 is 0 Å². The number of carbonyl (C=O) groups excluding carboxylic acids is 1. The van der Waals surface area contributed by atoms with E-state index in [2.05, 4.69) is 30.9 Å². The summed E-state index contributed by atoms with van der Waals surface area (Å²) in [6.07, 6.45) is 0. The average molecular weight is 478 g/mol. The van der Waals surface area contributed by atoms with Crippen LogP contribution in [0.2, 0.25) is 0 Å². The summed E-state index contributed by atoms with van der Waals surface area (Å²) in [5, 5.41) is 0.797. The number of aryl methyl sites for hydroxylation is 2. The zero-order valence-corrected chi connectivity index (χ0v) is 20.3. The molecule has 1 saturated heterocycles. The van der Waals surface area contributed by atoms with Crippen LogP contribution in [0.25, 0.3) is 10.2 Å². The fourth-order valence-electron chi connectivity index (χ4n) is 3.46. The molecular formula is C23H28ClN3O2S2. The molecule has 2 heterocycles. The Labute approximate surface area is 198 Å². The van der Waals surface area contributed by atoms with Crippen LogP contribution in [-0.2, 0) is 9.53 Å². The summed E-state index contributed by atoms with van der Waals surface area (Å²) in [6.45, 7) is 9.04. The fourth-order valence-corrected chi connectivity index (χ4v) is 5.33. The van der Waals surface area contributed by atoms with Gasteiger partial charge in [-0.2, -0.15) is 0 Å². The van der Waals surface area contributed by atoms with Gasteiger partial charge in [-0.15, -0.1) is 24.2 Å². The second kappa shape index (κ2) is 11.3. The van der Waals surface area contributed by atoms with Crippen molar-refractivity contribution in [1.82, 2.24) is 9.88 Å². The van der Waals surface area contributed by atoms with Gasteiger partial charge in [-0.05, 0) is 43.2 Å². The number of carbonyl (C=O) groups is 1. The summed E-state index contributed by atoms with van der Waals surface area (Å²) in [5.74, 6) is 0.506. The highest BCUT2D eigenvalue weighted by Gasteiger charge is 2.22. The molecule has 5 nitrogen and oxygen atoms in total. The number of thiazole rings is 1. The molecule has 4 rings (SSSR count). The minimum absolute atomic E-state index is 0. The van der Waals surface area contributed by atoms with Gasteiger partial charge in [0, 0.05) is 31.1 Å². The molecule has 1 amide bonds. The van der Waals surface area contributed by atoms with Crippen molar-refractivity contribution >= 4 is 56.8 Å². The summed E-state index contributed by atoms with van der Waals surface area (Å²) in [4.78, 5) is 23.5. The molecule has 0 bridgehead atoms. The highest BCUT2D eigenvalue weighted by Crippen LogP contribution is 2.32. The second-order valence-electron chi connectivity index (χ2n) is 7.45. The number of halogens is 1. The molecule has 0 radical (unpaired) electrons. The maximum atomic E-state index is 13.2. The molecule has 1 aliphatic heterocycles. The Balaban J connectivity index is 0.00000272. The van der Waals surface area contributed by atoms with Gasteiger partial charge < -0.3 is 4.74 Å². The van der Waals surface area contributed by atoms with Gasteiger partial charge in [-0.3, -0.25) is 14.6 Å². The van der Waals surface area contributed by atoms with Crippen molar-refractivity contribution < 1.29 is 9.53 Å². The van der Waals surface area contributed by atoms with E-state index in [4.69, 9.17) is 9.72 Å². The smallest absolute Gasteiger partial charge is 0.239 e. The van der Waals surface area contributed by atoms with E-state index in [-0.39, 0.29) is 18.3 Å². The van der Waals surface area contributed by atoms with Crippen LogP contribution < -0.4 is 4.90 Å². The summed E-state index contributed by atoms with van der Waals surface area (Å²) < 4.78 is 6.59. The summed E-state index contributed by atoms with van der Waals surface area (Å²) in [6, 6.07) is 14.3. The largest absolute Gasteiger partial charge is 0.379 e. The molecule has 31 heavy (non-hydrogen) atoms. The van der Waals surface area contributed by atoms with Crippen molar-refractivity contribution in [2.45, 2.75) is 18.7 Å². The Morgan fingerprint density at radius 1 is 1.16 bits per heavy atom. The van der Waals surface area contributed by atoms with E-state index >= 15 is 0 Å². The van der Waals surface area contributed by atoms with Crippen LogP contribution in [-0.4, -0.2) is 60.9 Å². The van der Waals surface area contributed by atoms with Gasteiger partial charge >= 0.3 is 0 Å². The van der Waals surface area contributed by atoms with Gasteiger partial charge in [-0.1, -0.05) is 35.6 Å². The average Bonchev–Trinajstić information content (AvgIpc) is 3.21. The van der Waals surface area contributed by atoms with Crippen molar-refractivity contribution in [2.75, 3.05) is 50.0 Å². The van der Waals surface area contributed by atoms with Gasteiger partial charge in [-0.25, -0.2) is 4.98 Å². The number of fused-ring (bicyclic) bond motifs is 1. The van der Waals surface area contributed by atoms with E-state index in [1.807, 2.05) is 35.2 Å². The molecular weight excluding hydrogens is 450 g/mol. The van der Waals surface area contributed by atoms with Crippen LogP contribution in [0.3, 0.4) is 0 Å². The third kappa shape index (κ3) is 5.99. The van der Waals surface area contributed by atoms with Gasteiger partial charge in [0.15, 0.2) is 5.13 Å². The van der Waals surface area contributed by atoms with Crippen LogP contribution >= 0.6 is 35.5 Å². The molecule has 1 aromatic heterocycles. The molecule has 1 fully saturated rings. The van der Waals surface area contributed by atoms with Crippen molar-refractivity contribution in [3.05, 3.63) is 53.6 Å². The van der Waals surface area contributed by atoms with Gasteiger partial charge in [0.1, 0.15) is 0 Å². The van der Waals surface area contributed by atoms with Crippen molar-refractivity contribution in [2.24, 2.45) is 0 Å². The molecule has 8 heteroatoms. The number of nitrogens with zero attached hydrogens (tertiary/aromatic N) is 3. The number of morpholine rings is 1. The number of benzene rings is 2. The molecule has 2 aromatic carbocycles. The zero-order valence-electron chi connectivity index (χ0n) is 17.9. The first-order valence-corrected chi connectivity index (χ1v) is 12.1. The predicted molar refractivity (Wildman–Crippen MR) is 133 cm³/mol. The quantitative estimate of drug-likeness (QED) is 0.458. The number of amides is 1. The zero-order chi connectivity index (χ0) is 20.9. The van der Waals surface area contributed by atoms with E-state index in [1.54, 1.807) is 23.1 Å². The lowest BCUT2D eigenvalue weighted by Crippen LogP contribution is -2.43. The predicted octanol–water partition coefficient (Wildman–Crippen LogP) is 4.79. The maximum absolute atomic E-state index is 13.2. The Bertz CT molecular complexity index is 1010. The second-order valence-corrected chi connectivity index (χ2v) is 9.51. The minimum atomic E-state index is 0. The Kier molecular flexibility index (Phi) is 8.75. The van der Waals surface area contributed by atoms with E-state index in [0.717, 1.165) is 53.1 Å². The van der Waals surface area contributed by atoms with Gasteiger partial charge in [0.2, 0.25) is 5.91 Å². The summed E-state index contributed by atoms with van der Waals surface area (Å²) in [7, 11) is 0. The number of thioether (sulfide) groups is 1. The molecule has 0 aliphatic carbocycles. The van der Waals surface area contributed by atoms with Crippen LogP contribution in [0.4, 0.5) is 5.13 Å². The molecule has 0 atom stereocenters. The number of rotatable bonds is 7. The van der Waals surface area contributed by atoms with Gasteiger partial charge in [0.05, 0.1) is 29.2 Å². The Morgan fingerprint density at radius 3 is 2.65 bits per heavy atom. The molecule has 0 saturated carbocycles. The first kappa shape index (κ1) is 24.0. The van der Waals surface area contributed by atoms with Crippen LogP contribution in [0, 0.1) is 13.8 Å². The SMILES string of the molecule is Cc1ccc2sc(N(CCN3CCOCC3)C(=O)CSc3ccccc3)nc2c1C.Cl. The molecule has 0 N–H and O–H groups in total. The van der Waals surface area contributed by atoms with Crippen molar-refractivity contribution in [3.63, 3.8) is 0 Å². The first-order chi connectivity index (χ1) is 14.6. The lowest BCUT2D eigenvalue weighted by Gasteiger charge is -2.29. The van der Waals surface area contributed by atoms with Crippen LogP contribution in [0.15, 0.2) is 47.4 Å². The third-order valence-electron chi connectivity index (χ3n) is 5.45. The monoisotopic (exact) mass is 477 g/mol. The molecule has 3 aromatic rings. The number of ether oxygens (including phenoxy) is 1. The van der Waals surface area contributed by atoms with Crippen molar-refractivity contribution in [1.29, 1.82) is 0 Å². The van der Waals surface area contributed by atoms with E-state index in [0.29, 0.717) is 12.3 Å². The van der Waals surface area contributed by atoms with Crippen LogP contribution in [0.5, 0.6) is 0 Å². The van der Waals surface area contributed by atoms with Gasteiger partial charge in [0.25, 0.3) is 0 Å². The number of anilines is 1. The maximum Gasteiger partial charge on any atom is 0.239 e. The van der Waals surface area contributed by atoms with Crippen molar-refractivity contribution in [3.8, 4) is 0 Å². The molecule has 0 spiro atoms. The minimum Gasteiger partial charge on any atom is -0.379 e. The molecule has 0 unspecified atom stereocenters. The lowest BCUT2D eigenvalue weighted by molar-refractivity contribution is -0.116. The number of aromatic nitrogens is 1. The standard InChI is InChI=1S/C23H27N3O2S2.ClH/c1-17-8-9-20-22(18(17)2)24-23(30-20)26(11-10-25-12-14-28-15-13-25)21(27)16-29-19-6-4-3-5-7-19;/h3-9H,10-16H2,1-2H3;1H. The highest BCUT2D eigenvalue weighted by atomic mass is 35.5. The van der Waals surface area contributed by atoms with Crippen LogP contribution in [0.1, 0.15) is 11.1 Å². The number of hydrogen-bond acceptors (Lipinski definition) is 6. The molecule has 1 aliphatic rings. The summed E-state index contributed by atoms with van der Waals surface area (Å²) >= 11 is 3.18. The third-order valence-corrected chi connectivity index (χ3v) is 7.49. The topological polar surface area (TPSA) is 45.7 Å². The number of hydrogen-bond donors (Lipinski definition) is 0. The highest BCUT2D eigenvalue weighted by molar-refractivity contribution is 8.00. The van der Waals surface area contributed by atoms with E-state index in [1.165, 1.54) is 11.1 Å². The Morgan fingerprint density at radius 2 is 1.90 bits per heavy atom. The fraction of sp³-hybridized carbons (Fsp3) is 0.391. The Hall–Kier alpha value is -1.64. The summed E-state index contributed by atoms with van der Waals surface area (Å²) in [5.41, 5.74) is 3.43. The van der Waals surface area contributed by atoms with E-state index in [9.17, 15) is 4.79 Å². The lowest BCUT2D eigenvalue weighted by atomic mass is 10.1. The normalized spacial score (nSPS) is 14.4. The molecule has 166 valence electrons.